The second-order valence-corrected chi connectivity index (χ2v) is 3.03. The molecule has 2 heteroatoms. The van der Waals surface area contributed by atoms with Gasteiger partial charge in [0.2, 0.25) is 0 Å². The normalized spacial score (nSPS) is 9.92. The molecule has 0 bridgehead atoms. The molecule has 0 heterocycles. The molecule has 0 aliphatic heterocycles. The van der Waals surface area contributed by atoms with Crippen LogP contribution in [0.15, 0.2) is 18.2 Å². The van der Waals surface area contributed by atoms with Crippen LogP contribution in [0.5, 0.6) is 0 Å². The van der Waals surface area contributed by atoms with Crippen molar-refractivity contribution >= 4 is 5.69 Å². The topological polar surface area (TPSA) is 24.1 Å². The number of aryl methyl sites for hydroxylation is 2. The lowest BCUT2D eigenvalue weighted by atomic mass is 10.1. The maximum Gasteiger partial charge on any atom is 0.0650 e. The molecule has 0 atom stereocenters. The average molecular weight is 164 g/mol. The summed E-state index contributed by atoms with van der Waals surface area (Å²) in [7, 11) is 1.93. The minimum atomic E-state index is 0.809. The van der Waals surface area contributed by atoms with Crippen LogP contribution in [0.1, 0.15) is 11.1 Å². The number of hydrogen-bond acceptors (Lipinski definition) is 2. The summed E-state index contributed by atoms with van der Waals surface area (Å²) in [6.45, 7) is 5.03. The van der Waals surface area contributed by atoms with E-state index in [2.05, 4.69) is 42.7 Å². The predicted octanol–water partition coefficient (Wildman–Crippen LogP) is 1.89. The largest absolute Gasteiger partial charge is 0.372 e. The number of nitrogens with one attached hydrogen (secondary N) is 2. The molecule has 0 saturated heterocycles. The summed E-state index contributed by atoms with van der Waals surface area (Å²) < 4.78 is 0. The minimum absolute atomic E-state index is 0.809. The third-order valence-electron chi connectivity index (χ3n) is 1.84. The monoisotopic (exact) mass is 164 g/mol. The van der Waals surface area contributed by atoms with Crippen molar-refractivity contribution in [3.8, 4) is 0 Å². The summed E-state index contributed by atoms with van der Waals surface area (Å²) in [5.74, 6) is 0. The van der Waals surface area contributed by atoms with E-state index in [-0.39, 0.29) is 0 Å². The van der Waals surface area contributed by atoms with Crippen molar-refractivity contribution in [1.82, 2.24) is 5.32 Å². The molecule has 1 aromatic carbocycles. The molecule has 0 saturated carbocycles. The summed E-state index contributed by atoms with van der Waals surface area (Å²) in [6.07, 6.45) is 0. The van der Waals surface area contributed by atoms with Crippen LogP contribution >= 0.6 is 0 Å². The van der Waals surface area contributed by atoms with Gasteiger partial charge in [0, 0.05) is 5.69 Å². The molecular weight excluding hydrogens is 148 g/mol. The maximum atomic E-state index is 3.28. The van der Waals surface area contributed by atoms with Gasteiger partial charge < -0.3 is 10.6 Å². The van der Waals surface area contributed by atoms with Gasteiger partial charge >= 0.3 is 0 Å². The first kappa shape index (κ1) is 9.07. The molecular formula is C10H16N2. The first-order valence-electron chi connectivity index (χ1n) is 4.20. The Labute approximate surface area is 74.0 Å². The highest BCUT2D eigenvalue weighted by atomic mass is 15.0. The van der Waals surface area contributed by atoms with Crippen LogP contribution in [0.4, 0.5) is 5.69 Å². The second kappa shape index (κ2) is 4.12. The Morgan fingerprint density at radius 3 is 2.58 bits per heavy atom. The van der Waals surface area contributed by atoms with Gasteiger partial charge in [0.15, 0.2) is 0 Å². The highest BCUT2D eigenvalue weighted by Gasteiger charge is 1.95. The zero-order valence-electron chi connectivity index (χ0n) is 7.94. The predicted molar refractivity (Wildman–Crippen MR) is 53.5 cm³/mol. The van der Waals surface area contributed by atoms with E-state index in [0.717, 1.165) is 6.67 Å². The van der Waals surface area contributed by atoms with Crippen molar-refractivity contribution in [2.45, 2.75) is 13.8 Å². The third kappa shape index (κ3) is 2.24. The Kier molecular flexibility index (Phi) is 3.11. The van der Waals surface area contributed by atoms with E-state index in [1.54, 1.807) is 0 Å². The van der Waals surface area contributed by atoms with Crippen LogP contribution in [0.2, 0.25) is 0 Å². The maximum absolute atomic E-state index is 3.28. The highest BCUT2D eigenvalue weighted by Crippen LogP contribution is 2.14. The molecule has 66 valence electrons. The highest BCUT2D eigenvalue weighted by molar-refractivity contribution is 5.51. The Bertz CT molecular complexity index is 256. The van der Waals surface area contributed by atoms with Gasteiger partial charge in [-0.05, 0) is 32.5 Å². The fraction of sp³-hybridized carbons (Fsp3) is 0.400. The Hall–Kier alpha value is -1.02. The molecule has 0 aliphatic carbocycles. The van der Waals surface area contributed by atoms with Gasteiger partial charge in [-0.25, -0.2) is 0 Å². The van der Waals surface area contributed by atoms with E-state index < -0.39 is 0 Å². The van der Waals surface area contributed by atoms with Crippen LogP contribution in [-0.2, 0) is 0 Å². The average Bonchev–Trinajstić information content (AvgIpc) is 2.03. The van der Waals surface area contributed by atoms with Gasteiger partial charge in [-0.2, -0.15) is 0 Å². The van der Waals surface area contributed by atoms with Crippen molar-refractivity contribution < 1.29 is 0 Å². The summed E-state index contributed by atoms with van der Waals surface area (Å²) >= 11 is 0. The van der Waals surface area contributed by atoms with E-state index in [4.69, 9.17) is 0 Å². The standard InChI is InChI=1S/C10H16N2/c1-8-4-5-10(9(2)6-8)12-7-11-3/h4-6,11-12H,7H2,1-3H3. The molecule has 12 heavy (non-hydrogen) atoms. The molecule has 1 rings (SSSR count). The fourth-order valence-corrected chi connectivity index (χ4v) is 1.20. The van der Waals surface area contributed by atoms with Crippen molar-refractivity contribution in [2.75, 3.05) is 19.0 Å². The van der Waals surface area contributed by atoms with Crippen molar-refractivity contribution in [1.29, 1.82) is 0 Å². The third-order valence-corrected chi connectivity index (χ3v) is 1.84. The van der Waals surface area contributed by atoms with Crippen LogP contribution in [0.25, 0.3) is 0 Å². The summed E-state index contributed by atoms with van der Waals surface area (Å²) in [4.78, 5) is 0. The van der Waals surface area contributed by atoms with Gasteiger partial charge in [0.25, 0.3) is 0 Å². The van der Waals surface area contributed by atoms with E-state index in [9.17, 15) is 0 Å². The summed E-state index contributed by atoms with van der Waals surface area (Å²) in [5.41, 5.74) is 3.81. The molecule has 0 fully saturated rings. The quantitative estimate of drug-likeness (QED) is 0.667. The molecule has 1 aromatic rings. The molecule has 0 amide bonds. The lowest BCUT2D eigenvalue weighted by molar-refractivity contribution is 0.873. The summed E-state index contributed by atoms with van der Waals surface area (Å²) in [5, 5.41) is 6.33. The van der Waals surface area contributed by atoms with E-state index in [1.807, 2.05) is 7.05 Å². The Morgan fingerprint density at radius 1 is 1.25 bits per heavy atom. The molecule has 0 spiro atoms. The number of rotatable bonds is 3. The summed E-state index contributed by atoms with van der Waals surface area (Å²) in [6, 6.07) is 6.41. The van der Waals surface area contributed by atoms with Crippen LogP contribution < -0.4 is 10.6 Å². The van der Waals surface area contributed by atoms with Crippen molar-refractivity contribution in [3.63, 3.8) is 0 Å². The zero-order valence-corrected chi connectivity index (χ0v) is 7.94. The smallest absolute Gasteiger partial charge is 0.0650 e. The van der Waals surface area contributed by atoms with Gasteiger partial charge in [-0.15, -0.1) is 0 Å². The van der Waals surface area contributed by atoms with E-state index >= 15 is 0 Å². The first-order valence-corrected chi connectivity index (χ1v) is 4.20. The lowest BCUT2D eigenvalue weighted by Gasteiger charge is -2.08. The minimum Gasteiger partial charge on any atom is -0.372 e. The lowest BCUT2D eigenvalue weighted by Crippen LogP contribution is -2.17. The van der Waals surface area contributed by atoms with Crippen LogP contribution in [0, 0.1) is 13.8 Å². The molecule has 0 aromatic heterocycles. The Morgan fingerprint density at radius 2 is 2.00 bits per heavy atom. The fourth-order valence-electron chi connectivity index (χ4n) is 1.20. The van der Waals surface area contributed by atoms with Crippen LogP contribution in [0.3, 0.4) is 0 Å². The second-order valence-electron chi connectivity index (χ2n) is 3.03. The Balaban J connectivity index is 2.72. The molecule has 0 unspecified atom stereocenters. The van der Waals surface area contributed by atoms with Gasteiger partial charge in [0.05, 0.1) is 6.67 Å². The number of benzene rings is 1. The van der Waals surface area contributed by atoms with Gasteiger partial charge in [-0.3, -0.25) is 0 Å². The molecule has 2 nitrogen and oxygen atoms in total. The first-order chi connectivity index (χ1) is 5.74. The van der Waals surface area contributed by atoms with E-state index in [1.165, 1.54) is 16.8 Å². The van der Waals surface area contributed by atoms with Gasteiger partial charge in [0.1, 0.15) is 0 Å². The van der Waals surface area contributed by atoms with Crippen molar-refractivity contribution in [2.24, 2.45) is 0 Å². The molecule has 0 aliphatic rings. The number of hydrogen-bond donors (Lipinski definition) is 2. The zero-order chi connectivity index (χ0) is 8.97. The number of anilines is 1. The van der Waals surface area contributed by atoms with E-state index in [0.29, 0.717) is 0 Å². The SMILES string of the molecule is CNCNc1ccc(C)cc1C. The van der Waals surface area contributed by atoms with Crippen LogP contribution in [-0.4, -0.2) is 13.7 Å². The van der Waals surface area contributed by atoms with Gasteiger partial charge in [-0.1, -0.05) is 17.7 Å². The molecule has 0 radical (unpaired) electrons. The molecule has 2 N–H and O–H groups in total. The van der Waals surface area contributed by atoms with Crippen molar-refractivity contribution in [3.05, 3.63) is 29.3 Å².